The maximum absolute atomic E-state index is 11.5. The van der Waals surface area contributed by atoms with Crippen LogP contribution in [0.25, 0.3) is 0 Å². The third kappa shape index (κ3) is 21.6. The number of hydrogen-bond acceptors (Lipinski definition) is 7. The number of nitrogens with one attached hydrogen (secondary N) is 1. The first-order chi connectivity index (χ1) is 12.2. The van der Waals surface area contributed by atoms with Gasteiger partial charge in [0.15, 0.2) is 0 Å². The molecule has 0 saturated heterocycles. The zero-order chi connectivity index (χ0) is 18.6. The summed E-state index contributed by atoms with van der Waals surface area (Å²) in [6.45, 7) is 8.82. The number of rotatable bonds is 19. The highest BCUT2D eigenvalue weighted by Crippen LogP contribution is 1.94. The summed E-state index contributed by atoms with van der Waals surface area (Å²) >= 11 is 1.80. The summed E-state index contributed by atoms with van der Waals surface area (Å²) in [6.07, 6.45) is 3.34. The lowest BCUT2D eigenvalue weighted by Gasteiger charge is -2.09. The molecule has 0 bridgehead atoms. The van der Waals surface area contributed by atoms with Gasteiger partial charge in [0.05, 0.1) is 52.4 Å². The molecule has 0 aliphatic heterocycles. The summed E-state index contributed by atoms with van der Waals surface area (Å²) in [5.41, 5.74) is 0. The van der Waals surface area contributed by atoms with E-state index in [1.54, 1.807) is 11.8 Å². The van der Waals surface area contributed by atoms with E-state index in [-0.39, 0.29) is 18.6 Å². The molecule has 0 aliphatic rings. The van der Waals surface area contributed by atoms with Crippen LogP contribution in [0.2, 0.25) is 0 Å². The van der Waals surface area contributed by atoms with Crippen LogP contribution in [0.5, 0.6) is 0 Å². The molecule has 0 spiro atoms. The summed E-state index contributed by atoms with van der Waals surface area (Å²) in [5.74, 6) is 0.960. The van der Waals surface area contributed by atoms with Gasteiger partial charge in [-0.05, 0) is 32.3 Å². The fourth-order valence-electron chi connectivity index (χ4n) is 1.67. The lowest BCUT2D eigenvalue weighted by Crippen LogP contribution is -2.31. The predicted molar refractivity (Wildman–Crippen MR) is 100 cm³/mol. The van der Waals surface area contributed by atoms with E-state index < -0.39 is 0 Å². The van der Waals surface area contributed by atoms with Crippen molar-refractivity contribution in [1.82, 2.24) is 5.32 Å². The van der Waals surface area contributed by atoms with Crippen LogP contribution in [0.3, 0.4) is 0 Å². The molecule has 0 aromatic carbocycles. The summed E-state index contributed by atoms with van der Waals surface area (Å²) in [7, 11) is 0. The van der Waals surface area contributed by atoms with Crippen LogP contribution >= 0.6 is 11.8 Å². The Kier molecular flexibility index (Phi) is 19.6. The van der Waals surface area contributed by atoms with E-state index in [2.05, 4.69) is 11.6 Å². The van der Waals surface area contributed by atoms with Gasteiger partial charge in [0, 0.05) is 13.2 Å². The molecular formula is C17H35NO6S. The molecule has 7 nitrogen and oxygen atoms in total. The minimum Gasteiger partial charge on any atom is -0.380 e. The molecule has 0 aromatic heterocycles. The van der Waals surface area contributed by atoms with Crippen LogP contribution in [0.1, 0.15) is 20.3 Å². The van der Waals surface area contributed by atoms with Gasteiger partial charge in [-0.25, -0.2) is 0 Å². The first-order valence-corrected chi connectivity index (χ1v) is 10.2. The third-order valence-corrected chi connectivity index (χ3v) is 3.56. The van der Waals surface area contributed by atoms with Crippen molar-refractivity contribution in [3.8, 4) is 0 Å². The highest BCUT2D eigenvalue weighted by molar-refractivity contribution is 7.98. The third-order valence-electron chi connectivity index (χ3n) is 2.86. The smallest absolute Gasteiger partial charge is 0.246 e. The number of amides is 1. The predicted octanol–water partition coefficient (Wildman–Crippen LogP) is 1.35. The van der Waals surface area contributed by atoms with Gasteiger partial charge in [0.1, 0.15) is 6.61 Å². The van der Waals surface area contributed by atoms with Gasteiger partial charge < -0.3 is 29.0 Å². The quantitative estimate of drug-likeness (QED) is 0.339. The van der Waals surface area contributed by atoms with Crippen molar-refractivity contribution in [3.63, 3.8) is 0 Å². The molecule has 1 amide bonds. The molecule has 0 aliphatic carbocycles. The van der Waals surface area contributed by atoms with Gasteiger partial charge in [0.2, 0.25) is 5.91 Å². The minimum absolute atomic E-state index is 0.0406. The molecular weight excluding hydrogens is 346 g/mol. The van der Waals surface area contributed by atoms with Crippen LogP contribution in [-0.4, -0.2) is 90.0 Å². The molecule has 0 saturated carbocycles. The number of hydrogen-bond donors (Lipinski definition) is 1. The van der Waals surface area contributed by atoms with Crippen molar-refractivity contribution in [3.05, 3.63) is 0 Å². The second kappa shape index (κ2) is 19.9. The van der Waals surface area contributed by atoms with Crippen LogP contribution in [-0.2, 0) is 28.5 Å². The average Bonchev–Trinajstić information content (AvgIpc) is 2.58. The topological polar surface area (TPSA) is 75.3 Å². The standard InChI is InChI=1S/C17H35NO6S/c1-16(2)24-13-12-22-9-8-21-10-11-23-15-17(19)18-5-7-20-6-4-14-25-3/h16H,4-15H2,1-3H3,(H,18,19). The summed E-state index contributed by atoms with van der Waals surface area (Å²) in [5, 5.41) is 2.75. The zero-order valence-corrected chi connectivity index (χ0v) is 16.7. The summed E-state index contributed by atoms with van der Waals surface area (Å²) in [4.78, 5) is 11.5. The number of carbonyl (C=O) groups excluding carboxylic acids is 1. The fraction of sp³-hybridized carbons (Fsp3) is 0.941. The van der Waals surface area contributed by atoms with E-state index in [1.165, 1.54) is 0 Å². The van der Waals surface area contributed by atoms with Crippen molar-refractivity contribution in [2.24, 2.45) is 0 Å². The number of thioether (sulfide) groups is 1. The van der Waals surface area contributed by atoms with Gasteiger partial charge >= 0.3 is 0 Å². The Balaban J connectivity index is 3.14. The molecule has 0 heterocycles. The van der Waals surface area contributed by atoms with E-state index in [9.17, 15) is 4.79 Å². The number of ether oxygens (including phenoxy) is 5. The van der Waals surface area contributed by atoms with Crippen LogP contribution < -0.4 is 5.32 Å². The van der Waals surface area contributed by atoms with Gasteiger partial charge in [-0.2, -0.15) is 11.8 Å². The molecule has 0 atom stereocenters. The maximum atomic E-state index is 11.5. The van der Waals surface area contributed by atoms with Crippen molar-refractivity contribution in [2.75, 3.05) is 78.0 Å². The Hall–Kier alpha value is -0.380. The molecule has 0 radical (unpaired) electrons. The molecule has 25 heavy (non-hydrogen) atoms. The molecule has 8 heteroatoms. The second-order valence-electron chi connectivity index (χ2n) is 5.51. The maximum Gasteiger partial charge on any atom is 0.246 e. The SMILES string of the molecule is CSCCCOCCNC(=O)COCCOCCOCCOC(C)C. The first kappa shape index (κ1) is 24.6. The molecule has 1 N–H and O–H groups in total. The Morgan fingerprint density at radius 2 is 1.48 bits per heavy atom. The van der Waals surface area contributed by atoms with E-state index in [1.807, 2.05) is 13.8 Å². The Labute approximate surface area is 156 Å². The largest absolute Gasteiger partial charge is 0.380 e. The average molecular weight is 382 g/mol. The minimum atomic E-state index is -0.138. The second-order valence-corrected chi connectivity index (χ2v) is 6.49. The van der Waals surface area contributed by atoms with Crippen molar-refractivity contribution in [2.45, 2.75) is 26.4 Å². The normalized spacial score (nSPS) is 11.2. The Bertz CT molecular complexity index is 294. The number of carbonyl (C=O) groups is 1. The molecule has 0 fully saturated rings. The highest BCUT2D eigenvalue weighted by atomic mass is 32.2. The van der Waals surface area contributed by atoms with Gasteiger partial charge in [-0.1, -0.05) is 0 Å². The van der Waals surface area contributed by atoms with Crippen LogP contribution in [0.15, 0.2) is 0 Å². The molecule has 0 rings (SSSR count). The van der Waals surface area contributed by atoms with E-state index in [0.717, 1.165) is 18.8 Å². The van der Waals surface area contributed by atoms with E-state index in [0.29, 0.717) is 52.8 Å². The molecule has 0 aromatic rings. The zero-order valence-electron chi connectivity index (χ0n) is 15.9. The summed E-state index contributed by atoms with van der Waals surface area (Å²) in [6, 6.07) is 0. The Morgan fingerprint density at radius 1 is 0.880 bits per heavy atom. The van der Waals surface area contributed by atoms with Gasteiger partial charge in [-0.3, -0.25) is 4.79 Å². The van der Waals surface area contributed by atoms with Gasteiger partial charge in [-0.15, -0.1) is 0 Å². The van der Waals surface area contributed by atoms with Crippen LogP contribution in [0, 0.1) is 0 Å². The van der Waals surface area contributed by atoms with E-state index >= 15 is 0 Å². The summed E-state index contributed by atoms with van der Waals surface area (Å²) < 4.78 is 26.7. The Morgan fingerprint density at radius 3 is 2.12 bits per heavy atom. The highest BCUT2D eigenvalue weighted by Gasteiger charge is 2.00. The lowest BCUT2D eigenvalue weighted by molar-refractivity contribution is -0.126. The molecule has 0 unspecified atom stereocenters. The lowest BCUT2D eigenvalue weighted by atomic mass is 10.5. The van der Waals surface area contributed by atoms with Crippen LogP contribution in [0.4, 0.5) is 0 Å². The van der Waals surface area contributed by atoms with E-state index in [4.69, 9.17) is 23.7 Å². The van der Waals surface area contributed by atoms with Gasteiger partial charge in [0.25, 0.3) is 0 Å². The van der Waals surface area contributed by atoms with Crippen molar-refractivity contribution >= 4 is 17.7 Å². The monoisotopic (exact) mass is 381 g/mol. The van der Waals surface area contributed by atoms with Crippen molar-refractivity contribution < 1.29 is 28.5 Å². The fourth-order valence-corrected chi connectivity index (χ4v) is 2.07. The molecule has 150 valence electrons. The first-order valence-electron chi connectivity index (χ1n) is 8.85. The van der Waals surface area contributed by atoms with Crippen molar-refractivity contribution in [1.29, 1.82) is 0 Å².